The Hall–Kier alpha value is -4.01. The molecule has 1 atom stereocenters. The Morgan fingerprint density at radius 1 is 1.00 bits per heavy atom. The van der Waals surface area contributed by atoms with Crippen LogP contribution in [-0.4, -0.2) is 34.9 Å². The second-order valence-electron chi connectivity index (χ2n) is 8.33. The first-order valence-electron chi connectivity index (χ1n) is 11.4. The summed E-state index contributed by atoms with van der Waals surface area (Å²) < 4.78 is 12.8. The van der Waals surface area contributed by atoms with Crippen molar-refractivity contribution in [2.24, 2.45) is 0 Å². The highest BCUT2D eigenvalue weighted by Gasteiger charge is 2.36. The first kappa shape index (κ1) is 24.7. The van der Waals surface area contributed by atoms with Crippen LogP contribution in [0.5, 0.6) is 11.5 Å². The van der Waals surface area contributed by atoms with E-state index in [1.54, 1.807) is 43.2 Å². The van der Waals surface area contributed by atoms with Gasteiger partial charge in [-0.2, -0.15) is 4.98 Å². The summed E-state index contributed by atoms with van der Waals surface area (Å²) in [4.78, 5) is 18.4. The normalized spacial score (nSPS) is 14.6. The van der Waals surface area contributed by atoms with E-state index in [4.69, 9.17) is 42.8 Å². The molecule has 1 unspecified atom stereocenters. The van der Waals surface area contributed by atoms with E-state index in [9.17, 15) is 4.79 Å². The largest absolute Gasteiger partial charge is 0.497 e. The Bertz CT molecular complexity index is 1520. The van der Waals surface area contributed by atoms with E-state index in [2.05, 4.69) is 10.6 Å². The third kappa shape index (κ3) is 4.73. The fourth-order valence-electron chi connectivity index (χ4n) is 4.25. The first-order chi connectivity index (χ1) is 17.9. The number of amides is 1. The summed E-state index contributed by atoms with van der Waals surface area (Å²) in [7, 11) is 3.16. The van der Waals surface area contributed by atoms with E-state index in [-0.39, 0.29) is 5.91 Å². The number of nitrogens with zero attached hydrogens (tertiary/aromatic N) is 3. The standard InChI is InChI=1S/C27H23Cl2N5O3/c1-15-23(26(35)31-17-7-5-4-6-8-17)24(19-11-10-18(36-2)14-22(19)37-3)34-27(30-15)32-25(33-34)16-9-12-20(28)21(29)13-16/h4-14,24H,1-3H3,(H,31,35)(H,30,32,33). The second-order valence-corrected chi connectivity index (χ2v) is 9.14. The Balaban J connectivity index is 1.65. The minimum absolute atomic E-state index is 0.281. The molecule has 188 valence electrons. The van der Waals surface area contributed by atoms with Gasteiger partial charge in [-0.15, -0.1) is 5.10 Å². The molecular weight excluding hydrogens is 513 g/mol. The predicted octanol–water partition coefficient (Wildman–Crippen LogP) is 6.20. The molecule has 0 saturated heterocycles. The van der Waals surface area contributed by atoms with Crippen molar-refractivity contribution in [2.45, 2.75) is 13.0 Å². The van der Waals surface area contributed by atoms with Crippen molar-refractivity contribution >= 4 is 40.7 Å². The molecule has 0 radical (unpaired) electrons. The Morgan fingerprint density at radius 2 is 1.78 bits per heavy atom. The molecule has 3 aromatic carbocycles. The van der Waals surface area contributed by atoms with Crippen LogP contribution >= 0.6 is 23.2 Å². The van der Waals surface area contributed by atoms with Crippen LogP contribution < -0.4 is 20.1 Å². The van der Waals surface area contributed by atoms with E-state index in [0.29, 0.717) is 61.4 Å². The lowest BCUT2D eigenvalue weighted by molar-refractivity contribution is -0.113. The molecule has 1 aromatic heterocycles. The van der Waals surface area contributed by atoms with E-state index in [1.165, 1.54) is 0 Å². The lowest BCUT2D eigenvalue weighted by Gasteiger charge is -2.29. The minimum atomic E-state index is -0.648. The van der Waals surface area contributed by atoms with Crippen LogP contribution in [-0.2, 0) is 4.79 Å². The van der Waals surface area contributed by atoms with Gasteiger partial charge in [0, 0.05) is 28.6 Å². The van der Waals surface area contributed by atoms with Gasteiger partial charge in [-0.25, -0.2) is 4.68 Å². The van der Waals surface area contributed by atoms with Gasteiger partial charge < -0.3 is 20.1 Å². The summed E-state index contributed by atoms with van der Waals surface area (Å²) in [5.41, 5.74) is 3.18. The number of methoxy groups -OCH3 is 2. The molecule has 37 heavy (non-hydrogen) atoms. The zero-order valence-corrected chi connectivity index (χ0v) is 21.8. The number of benzene rings is 3. The number of hydrogen-bond donors (Lipinski definition) is 2. The number of rotatable bonds is 6. The van der Waals surface area contributed by atoms with Gasteiger partial charge in [-0.1, -0.05) is 41.4 Å². The number of para-hydroxylation sites is 1. The molecule has 2 heterocycles. The quantitative estimate of drug-likeness (QED) is 0.305. The molecule has 0 aliphatic carbocycles. The molecule has 4 aromatic rings. The Labute approximate surface area is 223 Å². The molecule has 0 fully saturated rings. The van der Waals surface area contributed by atoms with Crippen molar-refractivity contribution in [3.63, 3.8) is 0 Å². The number of carbonyl (C=O) groups excluding carboxylic acids is 1. The van der Waals surface area contributed by atoms with E-state index in [1.807, 2.05) is 49.4 Å². The van der Waals surface area contributed by atoms with Crippen LogP contribution in [0.4, 0.5) is 11.6 Å². The SMILES string of the molecule is COc1ccc(C2C(C(=O)Nc3ccccc3)=C(C)Nc3nc(-c4ccc(Cl)c(Cl)c4)nn32)c(OC)c1. The Morgan fingerprint density at radius 3 is 2.49 bits per heavy atom. The monoisotopic (exact) mass is 535 g/mol. The molecule has 0 bridgehead atoms. The van der Waals surface area contributed by atoms with Crippen molar-refractivity contribution in [1.29, 1.82) is 0 Å². The predicted molar refractivity (Wildman–Crippen MR) is 145 cm³/mol. The van der Waals surface area contributed by atoms with Crippen LogP contribution in [0, 0.1) is 0 Å². The summed E-state index contributed by atoms with van der Waals surface area (Å²) >= 11 is 12.4. The van der Waals surface area contributed by atoms with Gasteiger partial charge in [-0.05, 0) is 49.4 Å². The third-order valence-corrected chi connectivity index (χ3v) is 6.78. The smallest absolute Gasteiger partial charge is 0.255 e. The van der Waals surface area contributed by atoms with Gasteiger partial charge in [0.05, 0.1) is 29.8 Å². The third-order valence-electron chi connectivity index (χ3n) is 6.04. The van der Waals surface area contributed by atoms with E-state index < -0.39 is 6.04 Å². The first-order valence-corrected chi connectivity index (χ1v) is 12.1. The number of nitrogens with one attached hydrogen (secondary N) is 2. The van der Waals surface area contributed by atoms with Gasteiger partial charge in [0.15, 0.2) is 5.82 Å². The number of carbonyl (C=O) groups is 1. The average Bonchev–Trinajstić information content (AvgIpc) is 3.33. The summed E-state index contributed by atoms with van der Waals surface area (Å²) in [5.74, 6) is 1.78. The van der Waals surface area contributed by atoms with Crippen molar-refractivity contribution in [3.8, 4) is 22.9 Å². The van der Waals surface area contributed by atoms with Crippen LogP contribution in [0.15, 0.2) is 78.0 Å². The molecule has 1 amide bonds. The van der Waals surface area contributed by atoms with Crippen LogP contribution in [0.25, 0.3) is 11.4 Å². The number of hydrogen-bond acceptors (Lipinski definition) is 6. The maximum Gasteiger partial charge on any atom is 0.255 e. The second kappa shape index (κ2) is 10.2. The molecule has 1 aliphatic rings. The highest BCUT2D eigenvalue weighted by molar-refractivity contribution is 6.42. The highest BCUT2D eigenvalue weighted by atomic mass is 35.5. The summed E-state index contributed by atoms with van der Waals surface area (Å²) in [6.07, 6.45) is 0. The maximum atomic E-state index is 13.7. The van der Waals surface area contributed by atoms with Gasteiger partial charge in [0.25, 0.3) is 5.91 Å². The number of halogens is 2. The molecule has 0 saturated carbocycles. The van der Waals surface area contributed by atoms with E-state index in [0.717, 1.165) is 0 Å². The number of fused-ring (bicyclic) bond motifs is 1. The molecular formula is C27H23Cl2N5O3. The lowest BCUT2D eigenvalue weighted by Crippen LogP contribution is -2.31. The van der Waals surface area contributed by atoms with Crippen molar-refractivity contribution < 1.29 is 14.3 Å². The van der Waals surface area contributed by atoms with Crippen LogP contribution in [0.1, 0.15) is 18.5 Å². The van der Waals surface area contributed by atoms with Gasteiger partial charge in [0.1, 0.15) is 17.5 Å². The lowest BCUT2D eigenvalue weighted by atomic mass is 9.94. The van der Waals surface area contributed by atoms with Crippen LogP contribution in [0.2, 0.25) is 10.0 Å². The van der Waals surface area contributed by atoms with E-state index >= 15 is 0 Å². The average molecular weight is 536 g/mol. The molecule has 2 N–H and O–H groups in total. The molecule has 8 nitrogen and oxygen atoms in total. The summed E-state index contributed by atoms with van der Waals surface area (Å²) in [5, 5.41) is 11.8. The van der Waals surface area contributed by atoms with Crippen molar-refractivity contribution in [2.75, 3.05) is 24.9 Å². The molecule has 5 rings (SSSR count). The zero-order chi connectivity index (χ0) is 26.1. The van der Waals surface area contributed by atoms with Gasteiger partial charge >= 0.3 is 0 Å². The number of ether oxygens (including phenoxy) is 2. The maximum absolute atomic E-state index is 13.7. The number of anilines is 2. The summed E-state index contributed by atoms with van der Waals surface area (Å²) in [6, 6.07) is 19.3. The van der Waals surface area contributed by atoms with Gasteiger partial charge in [-0.3, -0.25) is 4.79 Å². The molecule has 0 spiro atoms. The number of allylic oxidation sites excluding steroid dienone is 1. The minimum Gasteiger partial charge on any atom is -0.497 e. The fourth-order valence-corrected chi connectivity index (χ4v) is 4.55. The molecule has 1 aliphatic heterocycles. The van der Waals surface area contributed by atoms with Crippen molar-refractivity contribution in [1.82, 2.24) is 14.8 Å². The van der Waals surface area contributed by atoms with Gasteiger partial charge in [0.2, 0.25) is 5.95 Å². The van der Waals surface area contributed by atoms with Crippen molar-refractivity contribution in [3.05, 3.63) is 93.6 Å². The summed E-state index contributed by atoms with van der Waals surface area (Å²) in [6.45, 7) is 1.83. The fraction of sp³-hybridized carbons (Fsp3) is 0.148. The highest BCUT2D eigenvalue weighted by Crippen LogP contribution is 2.41. The number of aromatic nitrogens is 3. The topological polar surface area (TPSA) is 90.3 Å². The molecule has 10 heteroatoms. The van der Waals surface area contributed by atoms with Crippen LogP contribution in [0.3, 0.4) is 0 Å². The Kier molecular flexibility index (Phi) is 6.78. The zero-order valence-electron chi connectivity index (χ0n) is 20.3.